The minimum atomic E-state index is -0.855. The van der Waals surface area contributed by atoms with Crippen molar-refractivity contribution in [3.8, 4) is 0 Å². The summed E-state index contributed by atoms with van der Waals surface area (Å²) < 4.78 is 9.65. The number of hydrogen-bond acceptors (Lipinski definition) is 6. The van der Waals surface area contributed by atoms with E-state index in [1.54, 1.807) is 27.7 Å². The summed E-state index contributed by atoms with van der Waals surface area (Å²) in [7, 11) is 0. The van der Waals surface area contributed by atoms with Crippen LogP contribution in [0, 0.1) is 5.92 Å². The molecular formula is C15H19NO6. The average molecular weight is 309 g/mol. The second-order valence-electron chi connectivity index (χ2n) is 4.76. The molecule has 120 valence electrons. The van der Waals surface area contributed by atoms with Crippen molar-refractivity contribution in [2.45, 2.75) is 27.7 Å². The lowest BCUT2D eigenvalue weighted by Crippen LogP contribution is -2.27. The molecule has 1 rings (SSSR count). The van der Waals surface area contributed by atoms with Crippen molar-refractivity contribution in [1.29, 1.82) is 0 Å². The minimum Gasteiger partial charge on any atom is -0.462 e. The fraction of sp³-hybridized carbons (Fsp3) is 0.467. The first kappa shape index (κ1) is 17.6. The maximum atomic E-state index is 12.0. The summed E-state index contributed by atoms with van der Waals surface area (Å²) in [6.45, 7) is 6.63. The molecule has 7 nitrogen and oxygen atoms in total. The molecule has 0 spiro atoms. The molecule has 22 heavy (non-hydrogen) atoms. The predicted octanol–water partition coefficient (Wildman–Crippen LogP) is 1.57. The van der Waals surface area contributed by atoms with Gasteiger partial charge in [0.2, 0.25) is 0 Å². The van der Waals surface area contributed by atoms with E-state index in [0.717, 1.165) is 6.07 Å². The molecule has 0 bridgehead atoms. The molecule has 1 aromatic rings. The second-order valence-corrected chi connectivity index (χ2v) is 4.76. The maximum Gasteiger partial charge on any atom is 0.355 e. The molecule has 0 radical (unpaired) electrons. The van der Waals surface area contributed by atoms with Gasteiger partial charge in [0, 0.05) is 5.92 Å². The van der Waals surface area contributed by atoms with Crippen LogP contribution in [0.15, 0.2) is 10.9 Å². The zero-order valence-electron chi connectivity index (χ0n) is 13.0. The molecule has 0 saturated carbocycles. The van der Waals surface area contributed by atoms with Gasteiger partial charge in [-0.25, -0.2) is 9.59 Å². The number of nitrogens with one attached hydrogen (secondary N) is 1. The van der Waals surface area contributed by atoms with Crippen molar-refractivity contribution in [1.82, 2.24) is 4.98 Å². The standard InChI is InChI=1S/C15H19NO6/c1-5-21-14(19)9-7-10(12(17)8(3)4)13(18)16-11(9)15(20)22-6-2/h7-8H,5-6H2,1-4H3,(H,16,18). The topological polar surface area (TPSA) is 103 Å². The van der Waals surface area contributed by atoms with E-state index in [9.17, 15) is 19.2 Å². The summed E-state index contributed by atoms with van der Waals surface area (Å²) in [5.41, 5.74) is -1.43. The highest BCUT2D eigenvalue weighted by atomic mass is 16.5. The van der Waals surface area contributed by atoms with E-state index in [4.69, 9.17) is 9.47 Å². The smallest absolute Gasteiger partial charge is 0.355 e. The molecule has 0 aliphatic carbocycles. The van der Waals surface area contributed by atoms with Crippen LogP contribution >= 0.6 is 0 Å². The number of aromatic nitrogens is 1. The molecule has 0 fully saturated rings. The van der Waals surface area contributed by atoms with Crippen LogP contribution in [0.2, 0.25) is 0 Å². The number of esters is 2. The van der Waals surface area contributed by atoms with Crippen molar-refractivity contribution in [2.24, 2.45) is 5.92 Å². The first-order valence-corrected chi connectivity index (χ1v) is 6.99. The van der Waals surface area contributed by atoms with Gasteiger partial charge in [0.05, 0.1) is 24.3 Å². The summed E-state index contributed by atoms with van der Waals surface area (Å²) in [6, 6.07) is 1.09. The molecule has 7 heteroatoms. The number of aromatic amines is 1. The molecule has 0 saturated heterocycles. The van der Waals surface area contributed by atoms with Crippen molar-refractivity contribution in [3.63, 3.8) is 0 Å². The number of rotatable bonds is 6. The Balaban J connectivity index is 3.48. The summed E-state index contributed by atoms with van der Waals surface area (Å²) in [5.74, 6) is -2.52. The highest BCUT2D eigenvalue weighted by Gasteiger charge is 2.25. The van der Waals surface area contributed by atoms with Gasteiger partial charge in [0.1, 0.15) is 5.69 Å². The predicted molar refractivity (Wildman–Crippen MR) is 78.1 cm³/mol. The van der Waals surface area contributed by atoms with Crippen LogP contribution < -0.4 is 5.56 Å². The number of pyridine rings is 1. The molecule has 0 aromatic carbocycles. The normalized spacial score (nSPS) is 10.4. The molecule has 0 aliphatic heterocycles. The lowest BCUT2D eigenvalue weighted by molar-refractivity contribution is 0.0472. The van der Waals surface area contributed by atoms with E-state index < -0.39 is 29.2 Å². The largest absolute Gasteiger partial charge is 0.462 e. The molecule has 0 amide bonds. The van der Waals surface area contributed by atoms with E-state index in [-0.39, 0.29) is 30.0 Å². The quantitative estimate of drug-likeness (QED) is 0.632. The van der Waals surface area contributed by atoms with Crippen LogP contribution in [-0.2, 0) is 9.47 Å². The highest BCUT2D eigenvalue weighted by molar-refractivity contribution is 6.05. The Morgan fingerprint density at radius 1 is 1.05 bits per heavy atom. The van der Waals surface area contributed by atoms with Gasteiger partial charge >= 0.3 is 11.9 Å². The van der Waals surface area contributed by atoms with Crippen molar-refractivity contribution < 1.29 is 23.9 Å². The third kappa shape index (κ3) is 3.81. The first-order chi connectivity index (χ1) is 10.3. The van der Waals surface area contributed by atoms with Crippen LogP contribution in [0.4, 0.5) is 0 Å². The Morgan fingerprint density at radius 3 is 2.09 bits per heavy atom. The van der Waals surface area contributed by atoms with Crippen LogP contribution in [-0.4, -0.2) is 35.9 Å². The lowest BCUT2D eigenvalue weighted by atomic mass is 10.00. The number of H-pyrrole nitrogens is 1. The number of Topliss-reactive ketones (excluding diaryl/α,β-unsaturated/α-hetero) is 1. The van der Waals surface area contributed by atoms with Gasteiger partial charge in [-0.05, 0) is 19.9 Å². The third-order valence-electron chi connectivity index (χ3n) is 2.81. The number of ketones is 1. The van der Waals surface area contributed by atoms with Gasteiger partial charge in [-0.3, -0.25) is 9.59 Å². The highest BCUT2D eigenvalue weighted by Crippen LogP contribution is 2.13. The number of hydrogen-bond donors (Lipinski definition) is 1. The molecule has 0 aliphatic rings. The minimum absolute atomic E-state index is 0.0792. The molecule has 1 N–H and O–H groups in total. The molecular weight excluding hydrogens is 290 g/mol. The van der Waals surface area contributed by atoms with Crippen LogP contribution in [0.3, 0.4) is 0 Å². The molecule has 0 unspecified atom stereocenters. The zero-order chi connectivity index (χ0) is 16.9. The number of carbonyl (C=O) groups is 3. The first-order valence-electron chi connectivity index (χ1n) is 6.99. The lowest BCUT2D eigenvalue weighted by Gasteiger charge is -2.10. The fourth-order valence-electron chi connectivity index (χ4n) is 1.76. The van der Waals surface area contributed by atoms with Crippen molar-refractivity contribution in [2.75, 3.05) is 13.2 Å². The Labute approximate surface area is 127 Å². The summed E-state index contributed by atoms with van der Waals surface area (Å²) >= 11 is 0. The second kappa shape index (κ2) is 7.53. The SMILES string of the molecule is CCOC(=O)c1cc(C(=O)C(C)C)c(=O)[nH]c1C(=O)OCC. The number of ether oxygens (including phenoxy) is 2. The Bertz CT molecular complexity index is 644. The fourth-order valence-corrected chi connectivity index (χ4v) is 1.76. The monoisotopic (exact) mass is 309 g/mol. The van der Waals surface area contributed by atoms with Crippen molar-refractivity contribution >= 4 is 17.7 Å². The van der Waals surface area contributed by atoms with Gasteiger partial charge in [0.15, 0.2) is 5.78 Å². The third-order valence-corrected chi connectivity index (χ3v) is 2.81. The van der Waals surface area contributed by atoms with Crippen molar-refractivity contribution in [3.05, 3.63) is 33.2 Å². The van der Waals surface area contributed by atoms with E-state index in [0.29, 0.717) is 0 Å². The van der Waals surface area contributed by atoms with Crippen LogP contribution in [0.25, 0.3) is 0 Å². The van der Waals surface area contributed by atoms with Gasteiger partial charge in [-0.15, -0.1) is 0 Å². The van der Waals surface area contributed by atoms with Crippen LogP contribution in [0.5, 0.6) is 0 Å². The van der Waals surface area contributed by atoms with E-state index in [2.05, 4.69) is 4.98 Å². The summed E-state index contributed by atoms with van der Waals surface area (Å²) in [6.07, 6.45) is 0. The number of carbonyl (C=O) groups excluding carboxylic acids is 3. The molecule has 0 atom stereocenters. The zero-order valence-corrected chi connectivity index (χ0v) is 13.0. The maximum absolute atomic E-state index is 12.0. The summed E-state index contributed by atoms with van der Waals surface area (Å²) in [4.78, 5) is 50.1. The van der Waals surface area contributed by atoms with E-state index in [1.165, 1.54) is 0 Å². The van der Waals surface area contributed by atoms with Gasteiger partial charge in [0.25, 0.3) is 5.56 Å². The van der Waals surface area contributed by atoms with E-state index in [1.807, 2.05) is 0 Å². The molecule has 1 aromatic heterocycles. The van der Waals surface area contributed by atoms with Gasteiger partial charge < -0.3 is 14.5 Å². The van der Waals surface area contributed by atoms with Gasteiger partial charge in [-0.2, -0.15) is 0 Å². The average Bonchev–Trinajstić information content (AvgIpc) is 2.46. The Hall–Kier alpha value is -2.44. The van der Waals surface area contributed by atoms with Crippen LogP contribution in [0.1, 0.15) is 58.9 Å². The Kier molecular flexibility index (Phi) is 6.03. The molecule has 1 heterocycles. The van der Waals surface area contributed by atoms with Gasteiger partial charge in [-0.1, -0.05) is 13.8 Å². The Morgan fingerprint density at radius 2 is 1.59 bits per heavy atom. The van der Waals surface area contributed by atoms with E-state index >= 15 is 0 Å². The summed E-state index contributed by atoms with van der Waals surface area (Å²) in [5, 5.41) is 0.